The Morgan fingerprint density at radius 2 is 1.88 bits per heavy atom. The normalized spacial score (nSPS) is 12.9. The Morgan fingerprint density at radius 1 is 1.18 bits per heavy atom. The third-order valence-corrected chi connectivity index (χ3v) is 5.28. The van der Waals surface area contributed by atoms with Crippen LogP contribution in [0.15, 0.2) is 28.1 Å². The molecule has 0 aromatic carbocycles. The van der Waals surface area contributed by atoms with Crippen molar-refractivity contribution in [2.75, 3.05) is 6.54 Å². The van der Waals surface area contributed by atoms with E-state index in [-0.39, 0.29) is 0 Å². The molecule has 2 aromatic heterocycles. The summed E-state index contributed by atoms with van der Waals surface area (Å²) in [6.45, 7) is 5.42. The van der Waals surface area contributed by atoms with Crippen LogP contribution in [0.2, 0.25) is 0 Å². The van der Waals surface area contributed by atoms with Crippen molar-refractivity contribution in [2.45, 2.75) is 26.3 Å². The fraction of sp³-hybridized carbons (Fsp3) is 0.385. The van der Waals surface area contributed by atoms with Crippen LogP contribution in [-0.4, -0.2) is 6.54 Å². The third kappa shape index (κ3) is 3.41. The molecule has 0 fully saturated rings. The second-order valence-electron chi connectivity index (χ2n) is 3.98. The summed E-state index contributed by atoms with van der Waals surface area (Å²) in [5.74, 6) is 0. The van der Waals surface area contributed by atoms with Crippen molar-refractivity contribution in [1.29, 1.82) is 0 Å². The van der Waals surface area contributed by atoms with Crippen LogP contribution >= 0.6 is 38.6 Å². The highest BCUT2D eigenvalue weighted by atomic mass is 79.9. The maximum Gasteiger partial charge on any atom is 0.0765 e. The van der Waals surface area contributed by atoms with Crippen molar-refractivity contribution < 1.29 is 0 Å². The van der Waals surface area contributed by atoms with E-state index in [2.05, 4.69) is 59.4 Å². The van der Waals surface area contributed by atoms with E-state index in [4.69, 9.17) is 0 Å². The summed E-state index contributed by atoms with van der Waals surface area (Å²) in [6, 6.07) is 9.12. The summed E-state index contributed by atoms with van der Waals surface area (Å²) in [5.41, 5.74) is 0. The van der Waals surface area contributed by atoms with Crippen LogP contribution in [0.1, 0.15) is 34.0 Å². The molecule has 0 aliphatic carbocycles. The highest BCUT2D eigenvalue weighted by Gasteiger charge is 2.16. The predicted octanol–water partition coefficient (Wildman–Crippen LogP) is 4.97. The standard InChI is InChI=1S/C13H16BrNS2/c1-3-8-15-13(10-5-4-9(2)16-10)11-6-7-12(14)17-11/h4-7,13,15H,3,8H2,1-2H3. The molecule has 0 saturated heterocycles. The van der Waals surface area contributed by atoms with Crippen LogP contribution in [0, 0.1) is 6.92 Å². The minimum atomic E-state index is 0.352. The molecule has 2 aromatic rings. The molecule has 0 spiro atoms. The number of hydrogen-bond acceptors (Lipinski definition) is 3. The van der Waals surface area contributed by atoms with E-state index in [0.29, 0.717) is 6.04 Å². The van der Waals surface area contributed by atoms with Gasteiger partial charge in [-0.2, -0.15) is 0 Å². The molecule has 0 aliphatic rings. The number of rotatable bonds is 5. The summed E-state index contributed by atoms with van der Waals surface area (Å²) in [4.78, 5) is 4.16. The van der Waals surface area contributed by atoms with Gasteiger partial charge in [-0.05, 0) is 60.1 Å². The van der Waals surface area contributed by atoms with E-state index < -0.39 is 0 Å². The number of halogens is 1. The summed E-state index contributed by atoms with van der Waals surface area (Å²) < 4.78 is 1.20. The van der Waals surface area contributed by atoms with Crippen LogP contribution in [0.25, 0.3) is 0 Å². The Kier molecular flexibility index (Phi) is 4.79. The van der Waals surface area contributed by atoms with Crippen molar-refractivity contribution >= 4 is 38.6 Å². The average Bonchev–Trinajstić information content (AvgIpc) is 2.89. The minimum absolute atomic E-state index is 0.352. The Morgan fingerprint density at radius 3 is 2.41 bits per heavy atom. The molecule has 1 unspecified atom stereocenters. The first-order valence-corrected chi connectivity index (χ1v) is 8.18. The van der Waals surface area contributed by atoms with E-state index in [9.17, 15) is 0 Å². The predicted molar refractivity (Wildman–Crippen MR) is 81.2 cm³/mol. The molecule has 92 valence electrons. The maximum atomic E-state index is 3.63. The molecule has 0 radical (unpaired) electrons. The first kappa shape index (κ1) is 13.3. The molecule has 1 atom stereocenters. The Bertz CT molecular complexity index is 435. The lowest BCUT2D eigenvalue weighted by molar-refractivity contribution is 0.613. The van der Waals surface area contributed by atoms with E-state index in [1.165, 1.54) is 18.4 Å². The van der Waals surface area contributed by atoms with Crippen molar-refractivity contribution in [2.24, 2.45) is 0 Å². The van der Waals surface area contributed by atoms with Gasteiger partial charge in [0.2, 0.25) is 0 Å². The quantitative estimate of drug-likeness (QED) is 0.816. The molecule has 0 aliphatic heterocycles. The SMILES string of the molecule is CCCNC(c1ccc(C)s1)c1ccc(Br)s1. The summed E-state index contributed by atoms with van der Waals surface area (Å²) in [7, 11) is 0. The van der Waals surface area contributed by atoms with Gasteiger partial charge in [0.25, 0.3) is 0 Å². The first-order valence-electron chi connectivity index (χ1n) is 5.75. The number of aryl methyl sites for hydroxylation is 1. The summed E-state index contributed by atoms with van der Waals surface area (Å²) >= 11 is 7.23. The van der Waals surface area contributed by atoms with Crippen LogP contribution in [0.3, 0.4) is 0 Å². The van der Waals surface area contributed by atoms with E-state index >= 15 is 0 Å². The van der Waals surface area contributed by atoms with Crippen LogP contribution in [0.5, 0.6) is 0 Å². The van der Waals surface area contributed by atoms with Gasteiger partial charge in [0, 0.05) is 14.6 Å². The van der Waals surface area contributed by atoms with Crippen molar-refractivity contribution in [1.82, 2.24) is 5.32 Å². The molecule has 0 bridgehead atoms. The molecule has 0 saturated carbocycles. The van der Waals surface area contributed by atoms with Gasteiger partial charge in [0.15, 0.2) is 0 Å². The third-order valence-electron chi connectivity index (χ3n) is 2.52. The number of nitrogens with one attached hydrogen (secondary N) is 1. The van der Waals surface area contributed by atoms with Crippen molar-refractivity contribution in [3.05, 3.63) is 42.7 Å². The van der Waals surface area contributed by atoms with Gasteiger partial charge in [-0.15, -0.1) is 22.7 Å². The van der Waals surface area contributed by atoms with Crippen LogP contribution in [-0.2, 0) is 0 Å². The van der Waals surface area contributed by atoms with E-state index in [1.807, 2.05) is 22.7 Å². The first-order chi connectivity index (χ1) is 8.20. The van der Waals surface area contributed by atoms with Crippen molar-refractivity contribution in [3.63, 3.8) is 0 Å². The highest BCUT2D eigenvalue weighted by molar-refractivity contribution is 9.11. The van der Waals surface area contributed by atoms with Gasteiger partial charge < -0.3 is 5.32 Å². The van der Waals surface area contributed by atoms with Gasteiger partial charge in [-0.1, -0.05) is 6.92 Å². The second kappa shape index (κ2) is 6.14. The largest absolute Gasteiger partial charge is 0.305 e. The minimum Gasteiger partial charge on any atom is -0.305 e. The molecule has 4 heteroatoms. The van der Waals surface area contributed by atoms with Gasteiger partial charge in [0.1, 0.15) is 0 Å². The molecule has 2 heterocycles. The lowest BCUT2D eigenvalue weighted by Gasteiger charge is -2.15. The molecule has 2 rings (SSSR count). The highest BCUT2D eigenvalue weighted by Crippen LogP contribution is 2.34. The fourth-order valence-corrected chi connectivity index (χ4v) is 4.29. The van der Waals surface area contributed by atoms with Crippen molar-refractivity contribution in [3.8, 4) is 0 Å². The van der Waals surface area contributed by atoms with Crippen LogP contribution < -0.4 is 5.32 Å². The Balaban J connectivity index is 2.24. The molecule has 0 amide bonds. The monoisotopic (exact) mass is 329 g/mol. The lowest BCUT2D eigenvalue weighted by atomic mass is 10.2. The van der Waals surface area contributed by atoms with E-state index in [1.54, 1.807) is 0 Å². The average molecular weight is 330 g/mol. The molecule has 1 N–H and O–H groups in total. The van der Waals surface area contributed by atoms with Gasteiger partial charge in [-0.25, -0.2) is 0 Å². The zero-order valence-electron chi connectivity index (χ0n) is 10.00. The lowest BCUT2D eigenvalue weighted by Crippen LogP contribution is -2.21. The second-order valence-corrected chi connectivity index (χ2v) is 7.79. The van der Waals surface area contributed by atoms with Gasteiger partial charge >= 0.3 is 0 Å². The fourth-order valence-electron chi connectivity index (χ4n) is 1.72. The Labute approximate surface area is 119 Å². The zero-order chi connectivity index (χ0) is 12.3. The van der Waals surface area contributed by atoms with Gasteiger partial charge in [0.05, 0.1) is 9.83 Å². The summed E-state index contributed by atoms with van der Waals surface area (Å²) in [6.07, 6.45) is 1.16. The van der Waals surface area contributed by atoms with E-state index in [0.717, 1.165) is 13.0 Å². The molecular weight excluding hydrogens is 314 g/mol. The molecular formula is C13H16BrNS2. The van der Waals surface area contributed by atoms with Gasteiger partial charge in [-0.3, -0.25) is 0 Å². The maximum absolute atomic E-state index is 3.63. The number of thiophene rings is 2. The summed E-state index contributed by atoms with van der Waals surface area (Å²) in [5, 5.41) is 3.63. The molecule has 1 nitrogen and oxygen atoms in total. The molecule has 17 heavy (non-hydrogen) atoms. The zero-order valence-corrected chi connectivity index (χ0v) is 13.2. The Hall–Kier alpha value is -0.160. The smallest absolute Gasteiger partial charge is 0.0765 e. The number of hydrogen-bond donors (Lipinski definition) is 1. The van der Waals surface area contributed by atoms with Crippen LogP contribution in [0.4, 0.5) is 0 Å². The topological polar surface area (TPSA) is 12.0 Å².